The largest absolute Gasteiger partial charge is 0.0795 e. The Balaban J connectivity index is 2.75. The SMILES string of the molecule is C[Si](C)C1=CC=C([Si](C)C)C2=C([Si](C)C)C=CC([Si](C)C)=C1C2. The van der Waals surface area contributed by atoms with Crippen LogP contribution in [0, 0.1) is 0 Å². The van der Waals surface area contributed by atoms with Gasteiger partial charge < -0.3 is 0 Å². The molecule has 0 aromatic heterocycles. The van der Waals surface area contributed by atoms with E-state index in [9.17, 15) is 0 Å². The maximum atomic E-state index is 2.50. The molecular weight excluding hydrogens is 341 g/mol. The van der Waals surface area contributed by atoms with Gasteiger partial charge in [-0.2, -0.15) is 0 Å². The highest BCUT2D eigenvalue weighted by atomic mass is 28.3. The summed E-state index contributed by atoms with van der Waals surface area (Å²) in [4.78, 5) is 0. The van der Waals surface area contributed by atoms with Crippen LogP contribution >= 0.6 is 0 Å². The maximum Gasteiger partial charge on any atom is 0.0795 e. The molecule has 122 valence electrons. The lowest BCUT2D eigenvalue weighted by molar-refractivity contribution is 1.18. The number of hydrogen-bond acceptors (Lipinski definition) is 0. The van der Waals surface area contributed by atoms with Gasteiger partial charge in [0.2, 0.25) is 0 Å². The molecule has 0 atom stereocenters. The third-order valence-electron chi connectivity index (χ3n) is 4.64. The number of fused-ring (bicyclic) bond motifs is 2. The van der Waals surface area contributed by atoms with Crippen molar-refractivity contribution < 1.29 is 0 Å². The van der Waals surface area contributed by atoms with Gasteiger partial charge in [0.25, 0.3) is 0 Å². The van der Waals surface area contributed by atoms with Gasteiger partial charge in [0, 0.05) is 0 Å². The maximum absolute atomic E-state index is 2.50. The molecule has 2 aliphatic carbocycles. The second-order valence-electron chi connectivity index (χ2n) is 7.46. The van der Waals surface area contributed by atoms with Gasteiger partial charge in [-0.25, -0.2) is 0 Å². The highest BCUT2D eigenvalue weighted by molar-refractivity contribution is 6.70. The molecule has 4 radical (unpaired) electrons. The van der Waals surface area contributed by atoms with Crippen LogP contribution in [0.2, 0.25) is 52.4 Å². The zero-order valence-electron chi connectivity index (χ0n) is 16.0. The van der Waals surface area contributed by atoms with E-state index in [0.717, 1.165) is 0 Å². The van der Waals surface area contributed by atoms with Crippen LogP contribution in [0.15, 0.2) is 56.2 Å². The predicted octanol–water partition coefficient (Wildman–Crippen LogP) is 5.58. The minimum Gasteiger partial charge on any atom is -0.0671 e. The van der Waals surface area contributed by atoms with E-state index in [4.69, 9.17) is 0 Å². The van der Waals surface area contributed by atoms with E-state index in [-0.39, 0.29) is 0 Å². The minimum atomic E-state index is -0.437. The van der Waals surface area contributed by atoms with Crippen molar-refractivity contribution in [2.45, 2.75) is 58.8 Å². The van der Waals surface area contributed by atoms with Gasteiger partial charge in [-0.1, -0.05) is 97.5 Å². The van der Waals surface area contributed by atoms with Crippen LogP contribution in [0.5, 0.6) is 0 Å². The summed E-state index contributed by atoms with van der Waals surface area (Å²) >= 11 is 0. The van der Waals surface area contributed by atoms with Gasteiger partial charge in [-0.15, -0.1) is 0 Å². The molecule has 0 saturated carbocycles. The molecule has 0 unspecified atom stereocenters. The van der Waals surface area contributed by atoms with Crippen molar-refractivity contribution in [2.24, 2.45) is 0 Å². The minimum absolute atomic E-state index is 0.437. The van der Waals surface area contributed by atoms with E-state index in [0.29, 0.717) is 0 Å². The Labute approximate surface area is 150 Å². The van der Waals surface area contributed by atoms with Gasteiger partial charge >= 0.3 is 0 Å². The highest BCUT2D eigenvalue weighted by Crippen LogP contribution is 2.38. The van der Waals surface area contributed by atoms with Crippen molar-refractivity contribution >= 4 is 35.2 Å². The smallest absolute Gasteiger partial charge is 0.0671 e. The van der Waals surface area contributed by atoms with Crippen molar-refractivity contribution in [3.05, 3.63) is 56.2 Å². The van der Waals surface area contributed by atoms with E-state index >= 15 is 0 Å². The average Bonchev–Trinajstić information content (AvgIpc) is 2.74. The molecule has 4 heteroatoms. The highest BCUT2D eigenvalue weighted by Gasteiger charge is 2.26. The van der Waals surface area contributed by atoms with E-state index < -0.39 is 35.2 Å². The lowest BCUT2D eigenvalue weighted by Gasteiger charge is -2.21. The zero-order chi connectivity index (χ0) is 17.3. The first kappa shape index (κ1) is 18.9. The van der Waals surface area contributed by atoms with Crippen LogP contribution < -0.4 is 0 Å². The lowest BCUT2D eigenvalue weighted by Crippen LogP contribution is -2.16. The zero-order valence-corrected chi connectivity index (χ0v) is 20.0. The molecule has 0 aliphatic heterocycles. The number of rotatable bonds is 4. The molecule has 2 rings (SSSR count). The molecule has 2 aliphatic rings. The van der Waals surface area contributed by atoms with Gasteiger partial charge in [0.05, 0.1) is 35.2 Å². The van der Waals surface area contributed by atoms with Crippen LogP contribution in [0.1, 0.15) is 6.42 Å². The van der Waals surface area contributed by atoms with Crippen molar-refractivity contribution in [1.29, 1.82) is 0 Å². The quantitative estimate of drug-likeness (QED) is 0.567. The summed E-state index contributed by atoms with van der Waals surface area (Å²) in [5, 5.41) is 6.72. The molecule has 0 nitrogen and oxygen atoms in total. The monoisotopic (exact) mass is 370 g/mol. The van der Waals surface area contributed by atoms with Crippen molar-refractivity contribution in [3.63, 3.8) is 0 Å². The first-order valence-corrected chi connectivity index (χ1v) is 18.5. The van der Waals surface area contributed by atoms with Crippen molar-refractivity contribution in [3.8, 4) is 0 Å². The molecule has 0 N–H and O–H groups in total. The molecule has 0 heterocycles. The van der Waals surface area contributed by atoms with Crippen LogP contribution in [0.4, 0.5) is 0 Å². The van der Waals surface area contributed by atoms with Crippen LogP contribution in [-0.4, -0.2) is 35.2 Å². The van der Waals surface area contributed by atoms with Gasteiger partial charge in [0.15, 0.2) is 0 Å². The fraction of sp³-hybridized carbons (Fsp3) is 0.474. The van der Waals surface area contributed by atoms with Gasteiger partial charge in [-0.3, -0.25) is 0 Å². The Kier molecular flexibility index (Phi) is 6.27. The van der Waals surface area contributed by atoms with Crippen LogP contribution in [-0.2, 0) is 0 Å². The fourth-order valence-electron chi connectivity index (χ4n) is 3.46. The fourth-order valence-corrected chi connectivity index (χ4v) is 8.68. The number of allylic oxidation sites excluding steroid dienone is 10. The normalized spacial score (nSPS) is 19.0. The molecule has 23 heavy (non-hydrogen) atoms. The molecule has 0 amide bonds. The predicted molar refractivity (Wildman–Crippen MR) is 114 cm³/mol. The van der Waals surface area contributed by atoms with Crippen LogP contribution in [0.25, 0.3) is 0 Å². The standard InChI is InChI=1S/C19H30Si4/c1-20(2)16-9-10-18(22(5)6)15-13-14(16)17(21(3)4)11-12-19(15)23(7)8/h9-12H,13H2,1-8H3. The number of hydrogen-bond donors (Lipinski definition) is 0. The van der Waals surface area contributed by atoms with E-state index in [1.807, 2.05) is 0 Å². The molecule has 0 saturated heterocycles. The second kappa shape index (κ2) is 7.64. The summed E-state index contributed by atoms with van der Waals surface area (Å²) in [5.74, 6) is 0. The Bertz CT molecular complexity index is 572. The molecular formula is C19H30Si4. The molecule has 0 aromatic rings. The van der Waals surface area contributed by atoms with E-state index in [1.165, 1.54) is 6.42 Å². The summed E-state index contributed by atoms with van der Waals surface area (Å²) in [5.41, 5.74) is 3.39. The summed E-state index contributed by atoms with van der Waals surface area (Å²) in [6.45, 7) is 19.6. The lowest BCUT2D eigenvalue weighted by atomic mass is 10.1. The summed E-state index contributed by atoms with van der Waals surface area (Å²) in [6, 6.07) is 0. The van der Waals surface area contributed by atoms with Crippen molar-refractivity contribution in [2.75, 3.05) is 0 Å². The molecule has 0 aromatic carbocycles. The first-order chi connectivity index (χ1) is 10.7. The Hall–Kier alpha value is -0.432. The molecule has 0 fully saturated rings. The van der Waals surface area contributed by atoms with Crippen molar-refractivity contribution in [1.82, 2.24) is 0 Å². The molecule has 2 bridgehead atoms. The van der Waals surface area contributed by atoms with Crippen LogP contribution in [0.3, 0.4) is 0 Å². The third kappa shape index (κ3) is 3.98. The Morgan fingerprint density at radius 1 is 0.565 bits per heavy atom. The summed E-state index contributed by atoms with van der Waals surface area (Å²) < 4.78 is 0. The average molecular weight is 371 g/mol. The third-order valence-corrected chi connectivity index (χ3v) is 10.8. The molecule has 0 spiro atoms. The topological polar surface area (TPSA) is 0 Å². The van der Waals surface area contributed by atoms with E-state index in [2.05, 4.69) is 76.7 Å². The van der Waals surface area contributed by atoms with Gasteiger partial charge in [-0.05, 0) is 17.6 Å². The second-order valence-corrected chi connectivity index (χ2v) is 17.6. The Morgan fingerprint density at radius 2 is 0.913 bits per heavy atom. The summed E-state index contributed by atoms with van der Waals surface area (Å²) in [6.07, 6.45) is 11.2. The Morgan fingerprint density at radius 3 is 1.17 bits per heavy atom. The first-order valence-electron chi connectivity index (χ1n) is 8.53. The van der Waals surface area contributed by atoms with Gasteiger partial charge in [0.1, 0.15) is 0 Å². The van der Waals surface area contributed by atoms with E-state index in [1.54, 1.807) is 31.9 Å². The summed E-state index contributed by atoms with van der Waals surface area (Å²) in [7, 11) is -1.75.